The Morgan fingerprint density at radius 2 is 1.85 bits per heavy atom. The molecule has 4 aliphatic rings. The van der Waals surface area contributed by atoms with Gasteiger partial charge in [-0.3, -0.25) is 9.78 Å². The third-order valence-corrected chi connectivity index (χ3v) is 8.40. The zero-order valence-electron chi connectivity index (χ0n) is 15.3. The van der Waals surface area contributed by atoms with Gasteiger partial charge in [0.2, 0.25) is 5.91 Å². The first-order chi connectivity index (χ1) is 13.3. The zero-order valence-corrected chi connectivity index (χ0v) is 16.1. The highest BCUT2D eigenvalue weighted by molar-refractivity contribution is 7.15. The number of carbonyl (C=O) groups is 1. The van der Waals surface area contributed by atoms with Crippen LogP contribution in [0.25, 0.3) is 10.6 Å². The van der Waals surface area contributed by atoms with Crippen LogP contribution in [-0.4, -0.2) is 45.9 Å². The lowest BCUT2D eigenvalue weighted by Crippen LogP contribution is -2.39. The van der Waals surface area contributed by atoms with Gasteiger partial charge in [0, 0.05) is 60.3 Å². The summed E-state index contributed by atoms with van der Waals surface area (Å²) in [6.07, 6.45) is 9.01. The first-order valence-corrected chi connectivity index (χ1v) is 11.0. The number of likely N-dealkylation sites (tertiary alicyclic amines) is 1. The topological polar surface area (TPSA) is 58.1 Å². The van der Waals surface area contributed by atoms with Gasteiger partial charge in [-0.1, -0.05) is 0 Å². The van der Waals surface area contributed by atoms with E-state index in [0.717, 1.165) is 48.6 Å². The van der Waals surface area contributed by atoms with E-state index in [9.17, 15) is 4.79 Å². The fourth-order valence-electron chi connectivity index (χ4n) is 5.83. The molecule has 0 radical (unpaired) electrons. The molecule has 2 bridgehead atoms. The molecule has 2 aromatic heterocycles. The fraction of sp³-hybridized carbons (Fsp3) is 0.571. The van der Waals surface area contributed by atoms with Crippen molar-refractivity contribution in [2.24, 2.45) is 17.8 Å². The largest absolute Gasteiger partial charge is 0.342 e. The van der Waals surface area contributed by atoms with E-state index < -0.39 is 0 Å². The van der Waals surface area contributed by atoms with Gasteiger partial charge in [-0.25, -0.2) is 4.98 Å². The van der Waals surface area contributed by atoms with Crippen molar-refractivity contribution >= 4 is 17.2 Å². The smallest absolute Gasteiger partial charge is 0.226 e. The van der Waals surface area contributed by atoms with E-state index in [1.807, 2.05) is 24.5 Å². The molecule has 1 amide bonds. The molecule has 1 N–H and O–H groups in total. The highest BCUT2D eigenvalue weighted by Crippen LogP contribution is 2.44. The molecule has 6 rings (SSSR count). The molecule has 5 atom stereocenters. The molecule has 27 heavy (non-hydrogen) atoms. The quantitative estimate of drug-likeness (QED) is 0.870. The van der Waals surface area contributed by atoms with E-state index in [1.54, 1.807) is 11.3 Å². The van der Waals surface area contributed by atoms with Crippen LogP contribution in [0.5, 0.6) is 0 Å². The van der Waals surface area contributed by atoms with Crippen LogP contribution in [0, 0.1) is 17.8 Å². The molecule has 1 aliphatic carbocycles. The number of thiazole rings is 1. The standard InChI is InChI=1S/C21H24N4OS/c26-21(25-10-14-15(11-25)17-3-2-16(14)23-17)13-1-4-19-18(9-13)24-20(27-19)12-5-7-22-8-6-12/h5-8,13-17,23H,1-4,9-11H2/t13?,14-,15+,16-,17+. The van der Waals surface area contributed by atoms with Gasteiger partial charge in [0.05, 0.1) is 5.69 Å². The average molecular weight is 381 g/mol. The van der Waals surface area contributed by atoms with Crippen LogP contribution >= 0.6 is 11.3 Å². The van der Waals surface area contributed by atoms with Crippen molar-refractivity contribution in [1.82, 2.24) is 20.2 Å². The Balaban J connectivity index is 1.18. The number of pyridine rings is 1. The summed E-state index contributed by atoms with van der Waals surface area (Å²) in [5.41, 5.74) is 2.28. The summed E-state index contributed by atoms with van der Waals surface area (Å²) in [5.74, 6) is 1.90. The highest BCUT2D eigenvalue weighted by atomic mass is 32.1. The Bertz CT molecular complexity index is 864. The van der Waals surface area contributed by atoms with E-state index in [0.29, 0.717) is 29.8 Å². The van der Waals surface area contributed by atoms with E-state index in [2.05, 4.69) is 15.2 Å². The van der Waals surface area contributed by atoms with Crippen LogP contribution in [-0.2, 0) is 17.6 Å². The summed E-state index contributed by atoms with van der Waals surface area (Å²) in [5, 5.41) is 4.81. The van der Waals surface area contributed by atoms with Crippen molar-refractivity contribution in [3.63, 3.8) is 0 Å². The maximum atomic E-state index is 13.2. The maximum absolute atomic E-state index is 13.2. The Labute approximate surface area is 163 Å². The van der Waals surface area contributed by atoms with Gasteiger partial charge in [-0.15, -0.1) is 11.3 Å². The van der Waals surface area contributed by atoms with Crippen molar-refractivity contribution in [2.45, 2.75) is 44.2 Å². The van der Waals surface area contributed by atoms with E-state index in [4.69, 9.17) is 4.98 Å². The third kappa shape index (κ3) is 2.57. The van der Waals surface area contributed by atoms with Gasteiger partial charge < -0.3 is 10.2 Å². The molecule has 0 saturated carbocycles. The molecule has 5 nitrogen and oxygen atoms in total. The molecule has 1 unspecified atom stereocenters. The zero-order chi connectivity index (χ0) is 18.0. The minimum absolute atomic E-state index is 0.120. The predicted octanol–water partition coefficient (Wildman–Crippen LogP) is 2.52. The lowest BCUT2D eigenvalue weighted by atomic mass is 9.82. The summed E-state index contributed by atoms with van der Waals surface area (Å²) in [7, 11) is 0. The number of carbonyl (C=O) groups excluding carboxylic acids is 1. The molecular formula is C21H24N4OS. The summed E-state index contributed by atoms with van der Waals surface area (Å²) < 4.78 is 0. The predicted molar refractivity (Wildman–Crippen MR) is 104 cm³/mol. The first-order valence-electron chi connectivity index (χ1n) is 10.2. The molecular weight excluding hydrogens is 356 g/mol. The third-order valence-electron chi connectivity index (χ3n) is 7.19. The van der Waals surface area contributed by atoms with Crippen molar-refractivity contribution in [1.29, 1.82) is 0 Å². The summed E-state index contributed by atoms with van der Waals surface area (Å²) in [6, 6.07) is 5.35. The molecule has 3 fully saturated rings. The Morgan fingerprint density at radius 1 is 1.11 bits per heavy atom. The van der Waals surface area contributed by atoms with E-state index >= 15 is 0 Å². The van der Waals surface area contributed by atoms with Crippen molar-refractivity contribution in [3.8, 4) is 10.6 Å². The van der Waals surface area contributed by atoms with Gasteiger partial charge in [-0.2, -0.15) is 0 Å². The van der Waals surface area contributed by atoms with Gasteiger partial charge in [0.1, 0.15) is 5.01 Å². The molecule has 6 heteroatoms. The molecule has 3 saturated heterocycles. The van der Waals surface area contributed by atoms with Crippen LogP contribution in [0.2, 0.25) is 0 Å². The Morgan fingerprint density at radius 3 is 2.59 bits per heavy atom. The van der Waals surface area contributed by atoms with Crippen LogP contribution in [0.3, 0.4) is 0 Å². The fourth-order valence-corrected chi connectivity index (χ4v) is 6.94. The number of fused-ring (bicyclic) bond motifs is 6. The minimum Gasteiger partial charge on any atom is -0.342 e. The summed E-state index contributed by atoms with van der Waals surface area (Å²) in [6.45, 7) is 1.95. The van der Waals surface area contributed by atoms with Gasteiger partial charge in [0.15, 0.2) is 0 Å². The summed E-state index contributed by atoms with van der Waals surface area (Å²) in [4.78, 5) is 25.8. The van der Waals surface area contributed by atoms with Gasteiger partial charge in [-0.05, 0) is 49.7 Å². The number of hydrogen-bond donors (Lipinski definition) is 1. The normalized spacial score (nSPS) is 33.9. The second kappa shape index (κ2) is 6.11. The van der Waals surface area contributed by atoms with Crippen LogP contribution in [0.4, 0.5) is 0 Å². The van der Waals surface area contributed by atoms with E-state index in [-0.39, 0.29) is 5.92 Å². The molecule has 2 aromatic rings. The highest BCUT2D eigenvalue weighted by Gasteiger charge is 2.52. The first kappa shape index (κ1) is 16.2. The Kier molecular flexibility index (Phi) is 3.66. The van der Waals surface area contributed by atoms with Gasteiger partial charge >= 0.3 is 0 Å². The van der Waals surface area contributed by atoms with E-state index in [1.165, 1.54) is 17.7 Å². The van der Waals surface area contributed by atoms with Crippen molar-refractivity contribution in [2.75, 3.05) is 13.1 Å². The number of nitrogens with one attached hydrogen (secondary N) is 1. The van der Waals surface area contributed by atoms with Crippen LogP contribution in [0.1, 0.15) is 29.8 Å². The Hall–Kier alpha value is -1.79. The van der Waals surface area contributed by atoms with Crippen LogP contribution < -0.4 is 5.32 Å². The average Bonchev–Trinajstić information content (AvgIpc) is 3.48. The van der Waals surface area contributed by atoms with Crippen LogP contribution in [0.15, 0.2) is 24.5 Å². The minimum atomic E-state index is 0.120. The van der Waals surface area contributed by atoms with Crippen molar-refractivity contribution < 1.29 is 4.79 Å². The molecule has 5 heterocycles. The lowest BCUT2D eigenvalue weighted by molar-refractivity contribution is -0.135. The number of rotatable bonds is 2. The monoisotopic (exact) mass is 380 g/mol. The number of hydrogen-bond acceptors (Lipinski definition) is 5. The maximum Gasteiger partial charge on any atom is 0.226 e. The number of aromatic nitrogens is 2. The second-order valence-corrected chi connectivity index (χ2v) is 9.68. The number of nitrogens with zero attached hydrogens (tertiary/aromatic N) is 3. The van der Waals surface area contributed by atoms with Gasteiger partial charge in [0.25, 0.3) is 0 Å². The van der Waals surface area contributed by atoms with Crippen molar-refractivity contribution in [3.05, 3.63) is 35.1 Å². The molecule has 0 spiro atoms. The molecule has 140 valence electrons. The number of aryl methyl sites for hydroxylation is 1. The number of amides is 1. The molecule has 0 aromatic carbocycles. The molecule has 3 aliphatic heterocycles. The summed E-state index contributed by atoms with van der Waals surface area (Å²) >= 11 is 1.78. The second-order valence-electron chi connectivity index (χ2n) is 8.59. The lowest BCUT2D eigenvalue weighted by Gasteiger charge is -2.27. The SMILES string of the molecule is O=C(C1CCc2sc(-c3ccncc3)nc2C1)N1C[C@@H]2[C@H](C1)[C@@H]1CC[C@H]2N1.